The van der Waals surface area contributed by atoms with Crippen LogP contribution >= 0.6 is 15.9 Å². The Labute approximate surface area is 121 Å². The molecule has 0 N–H and O–H groups in total. The normalized spacial score (nSPS) is 19.8. The molecule has 1 aliphatic heterocycles. The average Bonchev–Trinajstić information content (AvgIpc) is 2.41. The third-order valence-corrected chi connectivity index (χ3v) is 4.26. The van der Waals surface area contributed by atoms with Gasteiger partial charge in [0.05, 0.1) is 5.56 Å². The molecule has 1 aromatic carbocycles. The van der Waals surface area contributed by atoms with Gasteiger partial charge in [-0.1, -0.05) is 0 Å². The largest absolute Gasteiger partial charge is 0.337 e. The second kappa shape index (κ2) is 6.01. The molecule has 0 aromatic heterocycles. The zero-order valence-corrected chi connectivity index (χ0v) is 12.8. The fraction of sp³-hybridized carbons (Fsp3) is 0.500. The van der Waals surface area contributed by atoms with Gasteiger partial charge < -0.3 is 9.80 Å². The first-order chi connectivity index (χ1) is 8.99. The van der Waals surface area contributed by atoms with E-state index in [1.165, 1.54) is 12.1 Å². The molecule has 5 heteroatoms. The van der Waals surface area contributed by atoms with Gasteiger partial charge in [-0.25, -0.2) is 4.39 Å². The number of hydrogen-bond donors (Lipinski definition) is 0. The third-order valence-electron chi connectivity index (χ3n) is 3.57. The molecule has 1 amide bonds. The van der Waals surface area contributed by atoms with Crippen molar-refractivity contribution in [2.24, 2.45) is 0 Å². The van der Waals surface area contributed by atoms with Gasteiger partial charge in [-0.15, -0.1) is 0 Å². The molecule has 1 aliphatic rings. The number of likely N-dealkylation sites (N-methyl/N-ethyl adjacent to an activating group) is 1. The van der Waals surface area contributed by atoms with Gasteiger partial charge in [-0.05, 0) is 61.1 Å². The van der Waals surface area contributed by atoms with Gasteiger partial charge in [0.1, 0.15) is 5.82 Å². The summed E-state index contributed by atoms with van der Waals surface area (Å²) < 4.78 is 13.9. The van der Waals surface area contributed by atoms with E-state index in [1.54, 1.807) is 6.07 Å². The minimum Gasteiger partial charge on any atom is -0.337 e. The molecule has 1 fully saturated rings. The van der Waals surface area contributed by atoms with Crippen molar-refractivity contribution in [3.8, 4) is 0 Å². The molecule has 0 saturated carbocycles. The molecule has 1 unspecified atom stereocenters. The van der Waals surface area contributed by atoms with Crippen molar-refractivity contribution in [1.82, 2.24) is 9.80 Å². The van der Waals surface area contributed by atoms with E-state index in [9.17, 15) is 9.18 Å². The summed E-state index contributed by atoms with van der Waals surface area (Å²) in [5.41, 5.74) is 0.402. The fourth-order valence-corrected chi connectivity index (χ4v) is 2.81. The quantitative estimate of drug-likeness (QED) is 0.833. The molecular formula is C14H18BrFN2O. The van der Waals surface area contributed by atoms with E-state index < -0.39 is 0 Å². The summed E-state index contributed by atoms with van der Waals surface area (Å²) in [6, 6.07) is 4.60. The standard InChI is InChI=1S/C14H18BrFN2O/c1-17(2)11-4-3-7-18(9-11)14(19)12-8-10(16)5-6-13(12)15/h5-6,8,11H,3-4,7,9H2,1-2H3. The number of likely N-dealkylation sites (tertiary alicyclic amines) is 1. The van der Waals surface area contributed by atoms with Gasteiger partial charge >= 0.3 is 0 Å². The monoisotopic (exact) mass is 328 g/mol. The number of nitrogens with zero attached hydrogens (tertiary/aromatic N) is 2. The Morgan fingerprint density at radius 1 is 1.47 bits per heavy atom. The summed E-state index contributed by atoms with van der Waals surface area (Å²) in [5.74, 6) is -0.481. The first-order valence-corrected chi connectivity index (χ1v) is 7.19. The molecule has 3 nitrogen and oxygen atoms in total. The van der Waals surface area contributed by atoms with Crippen LogP contribution in [-0.2, 0) is 0 Å². The van der Waals surface area contributed by atoms with Crippen molar-refractivity contribution in [1.29, 1.82) is 0 Å². The fourth-order valence-electron chi connectivity index (χ4n) is 2.39. The van der Waals surface area contributed by atoms with E-state index in [1.807, 2.05) is 19.0 Å². The first kappa shape index (κ1) is 14.5. The highest BCUT2D eigenvalue weighted by Gasteiger charge is 2.26. The Hall–Kier alpha value is -0.940. The Morgan fingerprint density at radius 3 is 2.89 bits per heavy atom. The van der Waals surface area contributed by atoms with Crippen LogP contribution in [0.3, 0.4) is 0 Å². The summed E-state index contributed by atoms with van der Waals surface area (Å²) in [7, 11) is 4.05. The van der Waals surface area contributed by atoms with Crippen molar-refractivity contribution in [2.75, 3.05) is 27.2 Å². The lowest BCUT2D eigenvalue weighted by Crippen LogP contribution is -2.47. The SMILES string of the molecule is CN(C)C1CCCN(C(=O)c2cc(F)ccc2Br)C1. The highest BCUT2D eigenvalue weighted by molar-refractivity contribution is 9.10. The maximum Gasteiger partial charge on any atom is 0.255 e. The number of piperidine rings is 1. The second-order valence-corrected chi connectivity index (χ2v) is 5.99. The molecule has 0 radical (unpaired) electrons. The molecule has 1 heterocycles. The van der Waals surface area contributed by atoms with E-state index in [-0.39, 0.29) is 11.7 Å². The van der Waals surface area contributed by atoms with Gasteiger partial charge in [0.25, 0.3) is 5.91 Å². The topological polar surface area (TPSA) is 23.6 Å². The van der Waals surface area contributed by atoms with Crippen LogP contribution in [0.25, 0.3) is 0 Å². The minimum atomic E-state index is -0.382. The Morgan fingerprint density at radius 2 is 2.21 bits per heavy atom. The molecule has 104 valence electrons. The van der Waals surface area contributed by atoms with Crippen molar-refractivity contribution in [3.63, 3.8) is 0 Å². The summed E-state index contributed by atoms with van der Waals surface area (Å²) in [6.07, 6.45) is 2.09. The van der Waals surface area contributed by atoms with E-state index in [4.69, 9.17) is 0 Å². The molecule has 0 aliphatic carbocycles. The second-order valence-electron chi connectivity index (χ2n) is 5.13. The Balaban J connectivity index is 2.17. The van der Waals surface area contributed by atoms with Crippen LogP contribution in [0, 0.1) is 5.82 Å². The number of benzene rings is 1. The van der Waals surface area contributed by atoms with Gasteiger partial charge in [0, 0.05) is 23.6 Å². The van der Waals surface area contributed by atoms with Crippen molar-refractivity contribution < 1.29 is 9.18 Å². The highest BCUT2D eigenvalue weighted by Crippen LogP contribution is 2.22. The van der Waals surface area contributed by atoms with E-state index in [2.05, 4.69) is 20.8 Å². The van der Waals surface area contributed by atoms with E-state index in [0.29, 0.717) is 22.6 Å². The van der Waals surface area contributed by atoms with Crippen LogP contribution in [0.5, 0.6) is 0 Å². The summed E-state index contributed by atoms with van der Waals surface area (Å²) >= 11 is 3.32. The minimum absolute atomic E-state index is 0.0991. The molecule has 1 aromatic rings. The molecule has 2 rings (SSSR count). The Bertz CT molecular complexity index is 479. The van der Waals surface area contributed by atoms with E-state index in [0.717, 1.165) is 19.4 Å². The predicted octanol–water partition coefficient (Wildman–Crippen LogP) is 2.75. The van der Waals surface area contributed by atoms with Crippen LogP contribution in [0.2, 0.25) is 0 Å². The highest BCUT2D eigenvalue weighted by atomic mass is 79.9. The zero-order chi connectivity index (χ0) is 14.0. The van der Waals surface area contributed by atoms with Gasteiger partial charge in [0.2, 0.25) is 0 Å². The maximum atomic E-state index is 13.3. The molecule has 1 saturated heterocycles. The molecule has 0 spiro atoms. The lowest BCUT2D eigenvalue weighted by atomic mass is 10.0. The summed E-state index contributed by atoms with van der Waals surface area (Å²) in [5, 5.41) is 0. The van der Waals surface area contributed by atoms with Gasteiger partial charge in [-0.2, -0.15) is 0 Å². The summed E-state index contributed by atoms with van der Waals surface area (Å²) in [6.45, 7) is 1.45. The Kier molecular flexibility index (Phi) is 4.58. The van der Waals surface area contributed by atoms with Gasteiger partial charge in [-0.3, -0.25) is 4.79 Å². The number of hydrogen-bond acceptors (Lipinski definition) is 2. The average molecular weight is 329 g/mol. The molecule has 0 bridgehead atoms. The van der Waals surface area contributed by atoms with Crippen molar-refractivity contribution >= 4 is 21.8 Å². The molecule has 19 heavy (non-hydrogen) atoms. The van der Waals surface area contributed by atoms with Crippen LogP contribution in [0.15, 0.2) is 22.7 Å². The number of carbonyl (C=O) groups excluding carboxylic acids is 1. The number of rotatable bonds is 2. The molecule has 1 atom stereocenters. The van der Waals surface area contributed by atoms with Crippen LogP contribution in [0.1, 0.15) is 23.2 Å². The lowest BCUT2D eigenvalue weighted by Gasteiger charge is -2.36. The van der Waals surface area contributed by atoms with E-state index >= 15 is 0 Å². The molecular weight excluding hydrogens is 311 g/mol. The first-order valence-electron chi connectivity index (χ1n) is 6.40. The van der Waals surface area contributed by atoms with Gasteiger partial charge in [0.15, 0.2) is 0 Å². The van der Waals surface area contributed by atoms with Crippen LogP contribution in [-0.4, -0.2) is 48.9 Å². The predicted molar refractivity (Wildman–Crippen MR) is 76.7 cm³/mol. The lowest BCUT2D eigenvalue weighted by molar-refractivity contribution is 0.0633. The summed E-state index contributed by atoms with van der Waals surface area (Å²) in [4.78, 5) is 16.4. The van der Waals surface area contributed by atoms with Crippen molar-refractivity contribution in [3.05, 3.63) is 34.1 Å². The van der Waals surface area contributed by atoms with Crippen molar-refractivity contribution in [2.45, 2.75) is 18.9 Å². The van der Waals surface area contributed by atoms with Crippen LogP contribution < -0.4 is 0 Å². The zero-order valence-electron chi connectivity index (χ0n) is 11.2. The number of amides is 1. The number of halogens is 2. The number of carbonyl (C=O) groups is 1. The van der Waals surface area contributed by atoms with Crippen LogP contribution in [0.4, 0.5) is 4.39 Å². The maximum absolute atomic E-state index is 13.3. The smallest absolute Gasteiger partial charge is 0.255 e. The third kappa shape index (κ3) is 3.34.